The van der Waals surface area contributed by atoms with Crippen LogP contribution in [0.3, 0.4) is 0 Å². The molecule has 10 heteroatoms. The molecule has 21 heavy (non-hydrogen) atoms. The zero-order valence-electron chi connectivity index (χ0n) is 9.98. The molecule has 1 aromatic carbocycles. The number of phenolic OH excluding ortho intramolecular Hbond substituents is 1. The molecule has 0 aliphatic heterocycles. The van der Waals surface area contributed by atoms with E-state index in [1.807, 2.05) is 0 Å². The van der Waals surface area contributed by atoms with Gasteiger partial charge in [-0.25, -0.2) is 0 Å². The Hall–Kier alpha value is -0.860. The summed E-state index contributed by atoms with van der Waals surface area (Å²) in [5, 5.41) is 38.0. The first-order valence-corrected chi connectivity index (χ1v) is 6.86. The van der Waals surface area contributed by atoms with E-state index >= 15 is 0 Å². The number of benzene rings is 1. The standard InChI is InChI=1S/C11H8Cl4N2O4/c12-3-1-4(9(18)5(13)2-3)10(19)7-8(17(20)21)6(14)11(15)16-7/h1-2,10,16,18-21H. The molecule has 0 aliphatic carbocycles. The van der Waals surface area contributed by atoms with Crippen LogP contribution in [0.1, 0.15) is 17.4 Å². The Bertz CT molecular complexity index is 689. The predicted molar refractivity (Wildman–Crippen MR) is 79.1 cm³/mol. The average molecular weight is 374 g/mol. The molecule has 2 aromatic rings. The fraction of sp³-hybridized carbons (Fsp3) is 0.0909. The van der Waals surface area contributed by atoms with Gasteiger partial charge >= 0.3 is 0 Å². The second-order valence-electron chi connectivity index (χ2n) is 4.03. The zero-order chi connectivity index (χ0) is 15.9. The lowest BCUT2D eigenvalue weighted by Gasteiger charge is -2.16. The van der Waals surface area contributed by atoms with Crippen molar-refractivity contribution in [1.29, 1.82) is 0 Å². The molecule has 0 radical (unpaired) electrons. The molecule has 1 heterocycles. The number of hydrogen-bond donors (Lipinski definition) is 5. The third-order valence-corrected chi connectivity index (χ3v) is 3.98. The van der Waals surface area contributed by atoms with E-state index in [2.05, 4.69) is 4.98 Å². The van der Waals surface area contributed by atoms with Crippen LogP contribution in [-0.2, 0) is 0 Å². The number of H-pyrrole nitrogens is 1. The van der Waals surface area contributed by atoms with Gasteiger partial charge in [-0.1, -0.05) is 46.4 Å². The van der Waals surface area contributed by atoms with Crippen LogP contribution in [0.2, 0.25) is 20.2 Å². The zero-order valence-corrected chi connectivity index (χ0v) is 13.0. The number of aliphatic hydroxyl groups excluding tert-OH is 1. The van der Waals surface area contributed by atoms with Gasteiger partial charge in [-0.15, -0.1) is 5.23 Å². The molecule has 2 rings (SSSR count). The van der Waals surface area contributed by atoms with Gasteiger partial charge in [0.05, 0.1) is 10.7 Å². The van der Waals surface area contributed by atoms with Crippen LogP contribution >= 0.6 is 46.4 Å². The van der Waals surface area contributed by atoms with Gasteiger partial charge in [-0.2, -0.15) is 0 Å². The maximum atomic E-state index is 10.3. The highest BCUT2D eigenvalue weighted by molar-refractivity contribution is 6.43. The molecule has 114 valence electrons. The summed E-state index contributed by atoms with van der Waals surface area (Å²) >= 11 is 23.1. The van der Waals surface area contributed by atoms with Crippen molar-refractivity contribution in [2.45, 2.75) is 6.10 Å². The van der Waals surface area contributed by atoms with Crippen LogP contribution in [0.25, 0.3) is 0 Å². The summed E-state index contributed by atoms with van der Waals surface area (Å²) in [7, 11) is 0. The Morgan fingerprint density at radius 3 is 2.29 bits per heavy atom. The van der Waals surface area contributed by atoms with Gasteiger partial charge in [0, 0.05) is 10.6 Å². The minimum atomic E-state index is -1.54. The maximum absolute atomic E-state index is 10.3. The van der Waals surface area contributed by atoms with Crippen molar-refractivity contribution in [3.8, 4) is 5.75 Å². The molecule has 0 aliphatic rings. The molecule has 0 saturated carbocycles. The number of hydrogen-bond acceptors (Lipinski definition) is 5. The second kappa shape index (κ2) is 6.10. The molecule has 5 N–H and O–H groups in total. The van der Waals surface area contributed by atoms with E-state index in [9.17, 15) is 20.6 Å². The van der Waals surface area contributed by atoms with Gasteiger partial charge < -0.3 is 15.2 Å². The fourth-order valence-corrected chi connectivity index (χ4v) is 2.72. The Kier molecular flexibility index (Phi) is 4.79. The van der Waals surface area contributed by atoms with E-state index in [1.54, 1.807) is 0 Å². The van der Waals surface area contributed by atoms with Crippen LogP contribution < -0.4 is 5.23 Å². The van der Waals surface area contributed by atoms with Crippen molar-refractivity contribution in [3.05, 3.63) is 43.6 Å². The van der Waals surface area contributed by atoms with E-state index in [1.165, 1.54) is 12.1 Å². The lowest BCUT2D eigenvalue weighted by Crippen LogP contribution is -2.15. The maximum Gasteiger partial charge on any atom is 0.140 e. The number of phenols is 1. The third-order valence-electron chi connectivity index (χ3n) is 2.73. The lowest BCUT2D eigenvalue weighted by molar-refractivity contribution is 0.0276. The number of nitrogens with one attached hydrogen (secondary N) is 1. The van der Waals surface area contributed by atoms with E-state index in [0.29, 0.717) is 0 Å². The van der Waals surface area contributed by atoms with Gasteiger partial charge in [0.25, 0.3) is 0 Å². The van der Waals surface area contributed by atoms with Crippen LogP contribution in [0.15, 0.2) is 12.1 Å². The van der Waals surface area contributed by atoms with Crippen molar-refractivity contribution in [2.24, 2.45) is 0 Å². The number of aromatic amines is 1. The number of aromatic nitrogens is 1. The SMILES string of the molecule is Oc1c(Cl)cc(Cl)cc1C(O)c1[nH]c(Cl)c(Cl)c1N(O)O. The quantitative estimate of drug-likeness (QED) is 0.523. The normalized spacial score (nSPS) is 12.5. The second-order valence-corrected chi connectivity index (χ2v) is 5.63. The molecule has 1 aromatic heterocycles. The highest BCUT2D eigenvalue weighted by Crippen LogP contribution is 2.43. The summed E-state index contributed by atoms with van der Waals surface area (Å²) in [5.74, 6) is -0.413. The van der Waals surface area contributed by atoms with E-state index < -0.39 is 11.9 Å². The summed E-state index contributed by atoms with van der Waals surface area (Å²) in [5.41, 5.74) is -0.599. The molecule has 0 fully saturated rings. The molecule has 1 atom stereocenters. The predicted octanol–water partition coefficient (Wildman–Crippen LogP) is 4.00. The largest absolute Gasteiger partial charge is 0.506 e. The van der Waals surface area contributed by atoms with E-state index in [0.717, 1.165) is 0 Å². The number of halogens is 4. The molecular weight excluding hydrogens is 366 g/mol. The third kappa shape index (κ3) is 3.02. The molecule has 1 unspecified atom stereocenters. The van der Waals surface area contributed by atoms with Crippen molar-refractivity contribution in [3.63, 3.8) is 0 Å². The molecular formula is C11H8Cl4N2O4. The molecule has 6 nitrogen and oxygen atoms in total. The Morgan fingerprint density at radius 2 is 1.71 bits per heavy atom. The summed E-state index contributed by atoms with van der Waals surface area (Å²) in [6.07, 6.45) is -1.54. The van der Waals surface area contributed by atoms with Crippen molar-refractivity contribution >= 4 is 52.1 Å². The highest BCUT2D eigenvalue weighted by atomic mass is 35.5. The minimum absolute atomic E-state index is 0.0646. The van der Waals surface area contributed by atoms with Gasteiger partial charge in [-0.3, -0.25) is 10.4 Å². The van der Waals surface area contributed by atoms with Crippen LogP contribution in [0.5, 0.6) is 5.75 Å². The summed E-state index contributed by atoms with van der Waals surface area (Å²) in [6, 6.07) is 2.55. The topological polar surface area (TPSA) is 100.0 Å². The first kappa shape index (κ1) is 16.5. The lowest BCUT2D eigenvalue weighted by atomic mass is 10.0. The van der Waals surface area contributed by atoms with Gasteiger partial charge in [0.15, 0.2) is 0 Å². The number of nitrogens with zero attached hydrogens (tertiary/aromatic N) is 1. The van der Waals surface area contributed by atoms with Crippen LogP contribution in [0.4, 0.5) is 5.69 Å². The Morgan fingerprint density at radius 1 is 1.10 bits per heavy atom. The number of anilines is 1. The highest BCUT2D eigenvalue weighted by Gasteiger charge is 2.27. The number of aromatic hydroxyl groups is 1. The van der Waals surface area contributed by atoms with Crippen molar-refractivity contribution in [2.75, 3.05) is 5.23 Å². The summed E-state index contributed by atoms with van der Waals surface area (Å²) in [6.45, 7) is 0. The van der Waals surface area contributed by atoms with Crippen molar-refractivity contribution in [1.82, 2.24) is 4.98 Å². The van der Waals surface area contributed by atoms with Gasteiger partial charge in [-0.05, 0) is 12.1 Å². The molecule has 0 amide bonds. The Labute approximate surface area is 138 Å². The average Bonchev–Trinajstić information content (AvgIpc) is 2.69. The first-order valence-electron chi connectivity index (χ1n) is 5.34. The number of aliphatic hydroxyl groups is 1. The molecule has 0 bridgehead atoms. The smallest absolute Gasteiger partial charge is 0.140 e. The monoisotopic (exact) mass is 372 g/mol. The number of rotatable bonds is 3. The summed E-state index contributed by atoms with van der Waals surface area (Å²) < 4.78 is 0. The Balaban J connectivity index is 2.61. The van der Waals surface area contributed by atoms with Gasteiger partial charge in [0.1, 0.15) is 27.7 Å². The van der Waals surface area contributed by atoms with E-state index in [-0.39, 0.29) is 42.4 Å². The van der Waals surface area contributed by atoms with Crippen molar-refractivity contribution < 1.29 is 20.6 Å². The summed E-state index contributed by atoms with van der Waals surface area (Å²) in [4.78, 5) is 2.48. The van der Waals surface area contributed by atoms with Crippen LogP contribution in [-0.4, -0.2) is 25.6 Å². The molecule has 0 saturated heterocycles. The fourth-order valence-electron chi connectivity index (χ4n) is 1.80. The molecule has 0 spiro atoms. The first-order chi connectivity index (χ1) is 9.73. The van der Waals surface area contributed by atoms with E-state index in [4.69, 9.17) is 46.4 Å². The minimum Gasteiger partial charge on any atom is -0.506 e. The van der Waals surface area contributed by atoms with Gasteiger partial charge in [0.2, 0.25) is 0 Å². The van der Waals surface area contributed by atoms with Crippen LogP contribution in [0, 0.1) is 0 Å².